The molecular formula is C11H15N3S. The average Bonchev–Trinajstić information content (AvgIpc) is 2.32. The van der Waals surface area contributed by atoms with Gasteiger partial charge in [0.2, 0.25) is 0 Å². The van der Waals surface area contributed by atoms with Gasteiger partial charge in [-0.2, -0.15) is 0 Å². The number of aromatic nitrogens is 1. The van der Waals surface area contributed by atoms with Crippen molar-refractivity contribution < 1.29 is 0 Å². The fraction of sp³-hybridized carbons (Fsp3) is 0.455. The van der Waals surface area contributed by atoms with Gasteiger partial charge in [0.15, 0.2) is 0 Å². The minimum absolute atomic E-state index is 0.824. The maximum absolute atomic E-state index is 4.57. The molecule has 2 heterocycles. The zero-order chi connectivity index (χ0) is 10.5. The number of hydrogen-bond donors (Lipinski definition) is 0. The normalized spacial score (nSPS) is 17.5. The molecule has 0 spiro atoms. The summed E-state index contributed by atoms with van der Waals surface area (Å²) in [4.78, 5) is 11.0. The van der Waals surface area contributed by atoms with E-state index >= 15 is 0 Å². The Morgan fingerprint density at radius 3 is 3.07 bits per heavy atom. The van der Waals surface area contributed by atoms with Gasteiger partial charge in [0.05, 0.1) is 12.5 Å². The Labute approximate surface area is 94.6 Å². The first-order valence-electron chi connectivity index (χ1n) is 5.20. The Bertz CT molecular complexity index is 337. The monoisotopic (exact) mass is 221 g/mol. The molecule has 4 heteroatoms. The summed E-state index contributed by atoms with van der Waals surface area (Å²) in [6.45, 7) is 4.16. The van der Waals surface area contributed by atoms with Crippen LogP contribution in [0, 0.1) is 0 Å². The van der Waals surface area contributed by atoms with Crippen LogP contribution in [0.2, 0.25) is 0 Å². The second-order valence-corrected chi connectivity index (χ2v) is 4.45. The lowest BCUT2D eigenvalue weighted by molar-refractivity contribution is 0.331. The number of hydrogen-bond acceptors (Lipinski definition) is 4. The molecule has 0 unspecified atom stereocenters. The maximum atomic E-state index is 4.57. The Morgan fingerprint density at radius 2 is 2.47 bits per heavy atom. The van der Waals surface area contributed by atoms with Crippen molar-refractivity contribution in [2.75, 3.05) is 19.1 Å². The van der Waals surface area contributed by atoms with E-state index in [4.69, 9.17) is 0 Å². The maximum Gasteiger partial charge on any atom is 0.102 e. The van der Waals surface area contributed by atoms with Crippen molar-refractivity contribution >= 4 is 16.8 Å². The Morgan fingerprint density at radius 1 is 1.53 bits per heavy atom. The highest BCUT2D eigenvalue weighted by atomic mass is 32.2. The predicted molar refractivity (Wildman–Crippen MR) is 65.1 cm³/mol. The van der Waals surface area contributed by atoms with Crippen molar-refractivity contribution in [2.24, 2.45) is 4.99 Å². The molecule has 1 aromatic heterocycles. The van der Waals surface area contributed by atoms with Gasteiger partial charge in [-0.15, -0.1) is 0 Å². The summed E-state index contributed by atoms with van der Waals surface area (Å²) in [5.74, 6) is 1.04. The quantitative estimate of drug-likeness (QED) is 0.783. The average molecular weight is 221 g/mol. The third kappa shape index (κ3) is 2.79. The third-order valence-electron chi connectivity index (χ3n) is 2.25. The lowest BCUT2D eigenvalue weighted by atomic mass is 10.3. The zero-order valence-electron chi connectivity index (χ0n) is 8.89. The first-order chi connectivity index (χ1) is 7.40. The Balaban J connectivity index is 2.02. The lowest BCUT2D eigenvalue weighted by Crippen LogP contribution is -2.29. The third-order valence-corrected chi connectivity index (χ3v) is 3.38. The van der Waals surface area contributed by atoms with Gasteiger partial charge in [-0.1, -0.05) is 18.7 Å². The van der Waals surface area contributed by atoms with E-state index in [1.54, 1.807) is 18.0 Å². The van der Waals surface area contributed by atoms with Crippen LogP contribution in [-0.4, -0.2) is 34.0 Å². The summed E-state index contributed by atoms with van der Waals surface area (Å²) >= 11 is 1.80. The van der Waals surface area contributed by atoms with Gasteiger partial charge in [0, 0.05) is 24.5 Å². The minimum Gasteiger partial charge on any atom is -0.275 e. The minimum atomic E-state index is 0.824. The van der Waals surface area contributed by atoms with E-state index in [1.165, 1.54) is 6.42 Å². The van der Waals surface area contributed by atoms with E-state index in [9.17, 15) is 0 Å². The van der Waals surface area contributed by atoms with E-state index in [-0.39, 0.29) is 0 Å². The largest absolute Gasteiger partial charge is 0.275 e. The van der Waals surface area contributed by atoms with Gasteiger partial charge in [-0.3, -0.25) is 14.9 Å². The second-order valence-electron chi connectivity index (χ2n) is 3.51. The second kappa shape index (κ2) is 5.28. The van der Waals surface area contributed by atoms with Crippen LogP contribution in [0.1, 0.15) is 18.9 Å². The van der Waals surface area contributed by atoms with Crippen LogP contribution in [0.5, 0.6) is 0 Å². The summed E-state index contributed by atoms with van der Waals surface area (Å²) in [6, 6.07) is 4.02. The molecule has 1 aromatic rings. The van der Waals surface area contributed by atoms with Crippen molar-refractivity contribution in [1.29, 1.82) is 0 Å². The molecule has 0 aliphatic carbocycles. The van der Waals surface area contributed by atoms with Crippen LogP contribution < -0.4 is 0 Å². The summed E-state index contributed by atoms with van der Waals surface area (Å²) in [5.41, 5.74) is 1.14. The van der Waals surface area contributed by atoms with E-state index in [1.807, 2.05) is 12.3 Å². The number of rotatable bonds is 3. The van der Waals surface area contributed by atoms with Gasteiger partial charge in [-0.05, 0) is 18.6 Å². The molecule has 0 N–H and O–H groups in total. The van der Waals surface area contributed by atoms with Crippen molar-refractivity contribution in [2.45, 2.75) is 13.3 Å². The van der Waals surface area contributed by atoms with Gasteiger partial charge in [0.25, 0.3) is 0 Å². The molecule has 15 heavy (non-hydrogen) atoms. The lowest BCUT2D eigenvalue weighted by Gasteiger charge is -2.24. The molecule has 1 aliphatic rings. The van der Waals surface area contributed by atoms with Crippen molar-refractivity contribution in [3.05, 3.63) is 30.1 Å². The summed E-state index contributed by atoms with van der Waals surface area (Å²) in [6.07, 6.45) is 4.86. The van der Waals surface area contributed by atoms with E-state index in [0.717, 1.165) is 29.7 Å². The summed E-state index contributed by atoms with van der Waals surface area (Å²) in [5, 5.41) is 1.12. The first kappa shape index (κ1) is 10.6. The Hall–Kier alpha value is -0.870. The van der Waals surface area contributed by atoms with Crippen molar-refractivity contribution in [1.82, 2.24) is 9.88 Å². The van der Waals surface area contributed by atoms with Crippen molar-refractivity contribution in [3.63, 3.8) is 0 Å². The number of pyridine rings is 1. The fourth-order valence-corrected chi connectivity index (χ4v) is 2.47. The highest BCUT2D eigenvalue weighted by Gasteiger charge is 2.13. The molecule has 0 atom stereocenters. The molecule has 3 nitrogen and oxygen atoms in total. The molecular weight excluding hydrogens is 206 g/mol. The standard InChI is InChI=1S/C11H15N3S/c1-2-6-14-8-13-11(15-9-14)10-4-3-5-12-7-10/h3-5,7H,2,6,8-9H2,1H3. The van der Waals surface area contributed by atoms with Crippen LogP contribution >= 0.6 is 11.8 Å². The zero-order valence-corrected chi connectivity index (χ0v) is 9.70. The number of aliphatic imine (C=N–C) groups is 1. The number of nitrogens with zero attached hydrogens (tertiary/aromatic N) is 3. The molecule has 0 bridgehead atoms. The number of thioether (sulfide) groups is 1. The SMILES string of the molecule is CCCN1CN=C(c2cccnc2)SC1. The van der Waals surface area contributed by atoms with Gasteiger partial charge < -0.3 is 0 Å². The van der Waals surface area contributed by atoms with Crippen LogP contribution in [0.25, 0.3) is 0 Å². The molecule has 0 saturated heterocycles. The Kier molecular flexibility index (Phi) is 3.75. The van der Waals surface area contributed by atoms with E-state index in [2.05, 4.69) is 27.9 Å². The van der Waals surface area contributed by atoms with Crippen LogP contribution in [0.15, 0.2) is 29.5 Å². The summed E-state index contributed by atoms with van der Waals surface area (Å²) in [7, 11) is 0. The van der Waals surface area contributed by atoms with Crippen LogP contribution in [-0.2, 0) is 0 Å². The van der Waals surface area contributed by atoms with E-state index < -0.39 is 0 Å². The highest BCUT2D eigenvalue weighted by Crippen LogP contribution is 2.18. The first-order valence-corrected chi connectivity index (χ1v) is 6.18. The van der Waals surface area contributed by atoms with Gasteiger partial charge in [0.1, 0.15) is 5.04 Å². The highest BCUT2D eigenvalue weighted by molar-refractivity contribution is 8.14. The molecule has 0 aromatic carbocycles. The van der Waals surface area contributed by atoms with Gasteiger partial charge >= 0.3 is 0 Å². The molecule has 80 valence electrons. The van der Waals surface area contributed by atoms with E-state index in [0.29, 0.717) is 0 Å². The van der Waals surface area contributed by atoms with Gasteiger partial charge in [-0.25, -0.2) is 0 Å². The molecule has 0 radical (unpaired) electrons. The molecule has 0 fully saturated rings. The van der Waals surface area contributed by atoms with Crippen molar-refractivity contribution in [3.8, 4) is 0 Å². The summed E-state index contributed by atoms with van der Waals surface area (Å²) < 4.78 is 0. The molecule has 0 saturated carbocycles. The fourth-order valence-electron chi connectivity index (χ4n) is 1.52. The molecule has 0 amide bonds. The van der Waals surface area contributed by atoms with Crippen LogP contribution in [0.3, 0.4) is 0 Å². The predicted octanol–water partition coefficient (Wildman–Crippen LogP) is 2.20. The van der Waals surface area contributed by atoms with Crippen LogP contribution in [0.4, 0.5) is 0 Å². The topological polar surface area (TPSA) is 28.5 Å². The molecule has 1 aliphatic heterocycles. The molecule has 2 rings (SSSR count). The smallest absolute Gasteiger partial charge is 0.102 e.